The molecule has 1 heterocycles. The fourth-order valence-corrected chi connectivity index (χ4v) is 3.53. The predicted molar refractivity (Wildman–Crippen MR) is 126 cm³/mol. The Balaban J connectivity index is 0.00000392. The molecule has 28 heavy (non-hydrogen) atoms. The van der Waals surface area contributed by atoms with Crippen LogP contribution in [0.3, 0.4) is 0 Å². The number of hydrogen-bond acceptors (Lipinski definition) is 3. The summed E-state index contributed by atoms with van der Waals surface area (Å²) in [7, 11) is 0. The highest BCUT2D eigenvalue weighted by Crippen LogP contribution is 2.25. The first kappa shape index (κ1) is 24.5. The number of aliphatic imine (C=N–C) groups is 1. The van der Waals surface area contributed by atoms with Crippen LogP contribution in [0.2, 0.25) is 0 Å². The van der Waals surface area contributed by atoms with E-state index < -0.39 is 0 Å². The Morgan fingerprint density at radius 2 is 2.14 bits per heavy atom. The van der Waals surface area contributed by atoms with Crippen LogP contribution in [-0.4, -0.2) is 49.6 Å². The maximum atomic E-state index is 11.2. The van der Waals surface area contributed by atoms with Crippen molar-refractivity contribution in [2.45, 2.75) is 46.0 Å². The number of nitrogens with two attached hydrogens (primary N) is 1. The largest absolute Gasteiger partial charge is 0.491 e. The number of hydrogen-bond donors (Lipinski definition) is 2. The Kier molecular flexibility index (Phi) is 11.3. The molecule has 1 fully saturated rings. The van der Waals surface area contributed by atoms with E-state index in [9.17, 15) is 4.79 Å². The fraction of sp³-hybridized carbons (Fsp3) is 0.619. The van der Waals surface area contributed by atoms with Crippen LogP contribution in [0, 0.1) is 5.92 Å². The molecule has 158 valence electrons. The normalized spacial score (nSPS) is 17.2. The van der Waals surface area contributed by atoms with E-state index in [-0.39, 0.29) is 29.9 Å². The number of nitrogens with zero attached hydrogens (tertiary/aromatic N) is 2. The first-order chi connectivity index (χ1) is 13.0. The third kappa shape index (κ3) is 7.85. The minimum absolute atomic E-state index is 0. The first-order valence-electron chi connectivity index (χ1n) is 10.0. The molecule has 0 spiro atoms. The van der Waals surface area contributed by atoms with E-state index in [0.29, 0.717) is 31.4 Å². The average molecular weight is 502 g/mol. The Morgan fingerprint density at radius 3 is 2.82 bits per heavy atom. The fourth-order valence-electron chi connectivity index (χ4n) is 3.53. The van der Waals surface area contributed by atoms with Gasteiger partial charge in [0.1, 0.15) is 12.4 Å². The number of rotatable bonds is 8. The molecule has 1 aliphatic rings. The van der Waals surface area contributed by atoms with Crippen LogP contribution >= 0.6 is 24.0 Å². The summed E-state index contributed by atoms with van der Waals surface area (Å²) in [6, 6.07) is 8.17. The second-order valence-corrected chi connectivity index (χ2v) is 7.40. The van der Waals surface area contributed by atoms with Crippen molar-refractivity contribution < 1.29 is 9.53 Å². The first-order valence-corrected chi connectivity index (χ1v) is 10.0. The molecule has 0 radical (unpaired) electrons. The summed E-state index contributed by atoms with van der Waals surface area (Å²) in [5.74, 6) is 2.35. The summed E-state index contributed by atoms with van der Waals surface area (Å²) < 4.78 is 5.97. The van der Waals surface area contributed by atoms with Gasteiger partial charge < -0.3 is 20.7 Å². The number of carbonyl (C=O) groups is 1. The van der Waals surface area contributed by atoms with E-state index in [0.717, 1.165) is 44.2 Å². The van der Waals surface area contributed by atoms with Gasteiger partial charge in [-0.25, -0.2) is 4.99 Å². The zero-order chi connectivity index (χ0) is 19.6. The summed E-state index contributed by atoms with van der Waals surface area (Å²) in [6.45, 7) is 10.1. The number of benzene rings is 1. The van der Waals surface area contributed by atoms with Gasteiger partial charge >= 0.3 is 0 Å². The number of nitrogens with one attached hydrogen (secondary N) is 1. The molecular weight excluding hydrogens is 467 g/mol. The Hall–Kier alpha value is -1.51. The van der Waals surface area contributed by atoms with Crippen LogP contribution in [0.25, 0.3) is 0 Å². The molecule has 0 aromatic heterocycles. The van der Waals surface area contributed by atoms with Gasteiger partial charge in [-0.05, 0) is 43.2 Å². The van der Waals surface area contributed by atoms with Crippen LogP contribution in [0.15, 0.2) is 29.3 Å². The lowest BCUT2D eigenvalue weighted by Crippen LogP contribution is -2.47. The molecule has 1 aromatic carbocycles. The topological polar surface area (TPSA) is 80.0 Å². The molecule has 1 amide bonds. The highest BCUT2D eigenvalue weighted by Gasteiger charge is 2.23. The third-order valence-electron chi connectivity index (χ3n) is 4.79. The number of guanidine groups is 1. The number of primary amides is 1. The molecule has 0 aliphatic carbocycles. The number of carbonyl (C=O) groups excluding carboxylic acids is 1. The van der Waals surface area contributed by atoms with Gasteiger partial charge in [0, 0.05) is 26.1 Å². The minimum Gasteiger partial charge on any atom is -0.491 e. The van der Waals surface area contributed by atoms with Gasteiger partial charge in [-0.15, -0.1) is 24.0 Å². The second-order valence-electron chi connectivity index (χ2n) is 7.40. The van der Waals surface area contributed by atoms with Crippen LogP contribution in [0.5, 0.6) is 5.75 Å². The molecular formula is C21H35IN4O2. The molecule has 1 saturated heterocycles. The van der Waals surface area contributed by atoms with Crippen molar-refractivity contribution in [3.8, 4) is 5.75 Å². The van der Waals surface area contributed by atoms with Gasteiger partial charge in [-0.1, -0.05) is 32.0 Å². The summed E-state index contributed by atoms with van der Waals surface area (Å²) in [5.41, 5.74) is 6.59. The van der Waals surface area contributed by atoms with Gasteiger partial charge in [-0.2, -0.15) is 0 Å². The van der Waals surface area contributed by atoms with Crippen molar-refractivity contribution in [1.29, 1.82) is 0 Å². The molecule has 1 aliphatic heterocycles. The number of amides is 1. The van der Waals surface area contributed by atoms with Crippen molar-refractivity contribution >= 4 is 35.8 Å². The number of ether oxygens (including phenoxy) is 1. The monoisotopic (exact) mass is 502 g/mol. The molecule has 0 bridgehead atoms. The molecule has 1 atom stereocenters. The zero-order valence-corrected chi connectivity index (χ0v) is 19.6. The van der Waals surface area contributed by atoms with Crippen LogP contribution < -0.4 is 15.8 Å². The minimum atomic E-state index is -0.221. The SMILES string of the molecule is CCNC(=NCCOc1ccccc1C(C)C)N1CCCC(CC(N)=O)C1.I. The van der Waals surface area contributed by atoms with Crippen molar-refractivity contribution in [2.24, 2.45) is 16.6 Å². The van der Waals surface area contributed by atoms with Crippen LogP contribution in [0.4, 0.5) is 0 Å². The molecule has 6 nitrogen and oxygen atoms in total. The van der Waals surface area contributed by atoms with E-state index in [1.54, 1.807) is 0 Å². The van der Waals surface area contributed by atoms with Crippen LogP contribution in [-0.2, 0) is 4.79 Å². The Bertz CT molecular complexity index is 637. The van der Waals surface area contributed by atoms with Crippen molar-refractivity contribution in [3.05, 3.63) is 29.8 Å². The highest BCUT2D eigenvalue weighted by molar-refractivity contribution is 14.0. The quantitative estimate of drug-likeness (QED) is 0.247. The van der Waals surface area contributed by atoms with E-state index in [1.165, 1.54) is 5.56 Å². The maximum absolute atomic E-state index is 11.2. The van der Waals surface area contributed by atoms with E-state index in [1.807, 2.05) is 18.2 Å². The van der Waals surface area contributed by atoms with E-state index >= 15 is 0 Å². The molecule has 2 rings (SSSR count). The average Bonchev–Trinajstić information content (AvgIpc) is 2.64. The second kappa shape index (κ2) is 12.9. The van der Waals surface area contributed by atoms with Gasteiger partial charge in [-0.3, -0.25) is 4.79 Å². The third-order valence-corrected chi connectivity index (χ3v) is 4.79. The molecule has 1 aromatic rings. The molecule has 1 unspecified atom stereocenters. The number of likely N-dealkylation sites (tertiary alicyclic amines) is 1. The Morgan fingerprint density at radius 1 is 1.39 bits per heavy atom. The zero-order valence-electron chi connectivity index (χ0n) is 17.3. The van der Waals surface area contributed by atoms with Crippen molar-refractivity contribution in [3.63, 3.8) is 0 Å². The number of para-hydroxylation sites is 1. The lowest BCUT2D eigenvalue weighted by atomic mass is 9.95. The number of halogens is 1. The van der Waals surface area contributed by atoms with Crippen molar-refractivity contribution in [1.82, 2.24) is 10.2 Å². The highest BCUT2D eigenvalue weighted by atomic mass is 127. The standard InChI is InChI=1S/C21H34N4O2.HI/c1-4-23-21(25-12-7-8-17(15-25)14-20(22)26)24-11-13-27-19-10-6-5-9-18(19)16(2)3;/h5-6,9-10,16-17H,4,7-8,11-15H2,1-3H3,(H2,22,26)(H,23,24);1H. The van der Waals surface area contributed by atoms with Gasteiger partial charge in [0.2, 0.25) is 5.91 Å². The lowest BCUT2D eigenvalue weighted by Gasteiger charge is -2.34. The smallest absolute Gasteiger partial charge is 0.217 e. The lowest BCUT2D eigenvalue weighted by molar-refractivity contribution is -0.119. The maximum Gasteiger partial charge on any atom is 0.217 e. The molecule has 7 heteroatoms. The van der Waals surface area contributed by atoms with E-state index in [2.05, 4.69) is 37.1 Å². The van der Waals surface area contributed by atoms with Gasteiger partial charge in [0.25, 0.3) is 0 Å². The van der Waals surface area contributed by atoms with Crippen LogP contribution in [0.1, 0.15) is 51.5 Å². The van der Waals surface area contributed by atoms with E-state index in [4.69, 9.17) is 15.5 Å². The Labute approximate surface area is 186 Å². The summed E-state index contributed by atoms with van der Waals surface area (Å²) in [5, 5.41) is 3.36. The summed E-state index contributed by atoms with van der Waals surface area (Å²) >= 11 is 0. The summed E-state index contributed by atoms with van der Waals surface area (Å²) in [6.07, 6.45) is 2.56. The molecule has 3 N–H and O–H groups in total. The number of piperidine rings is 1. The van der Waals surface area contributed by atoms with Crippen molar-refractivity contribution in [2.75, 3.05) is 32.8 Å². The van der Waals surface area contributed by atoms with Gasteiger partial charge in [0.15, 0.2) is 5.96 Å². The van der Waals surface area contributed by atoms with Gasteiger partial charge in [0.05, 0.1) is 6.54 Å². The molecule has 0 saturated carbocycles. The predicted octanol–water partition coefficient (Wildman–Crippen LogP) is 3.36. The summed E-state index contributed by atoms with van der Waals surface area (Å²) in [4.78, 5) is 18.2.